The van der Waals surface area contributed by atoms with E-state index in [0.717, 1.165) is 11.3 Å². The quantitative estimate of drug-likeness (QED) is 0.869. The summed E-state index contributed by atoms with van der Waals surface area (Å²) in [5, 5.41) is 9.03. The first-order valence-corrected chi connectivity index (χ1v) is 8.59. The molecular weight excluding hydrogens is 306 g/mol. The molecule has 0 spiro atoms. The zero-order valence-electron chi connectivity index (χ0n) is 14.7. The van der Waals surface area contributed by atoms with Crippen LogP contribution in [0, 0.1) is 5.92 Å². The van der Waals surface area contributed by atoms with E-state index in [1.807, 2.05) is 6.07 Å². The summed E-state index contributed by atoms with van der Waals surface area (Å²) in [6.07, 6.45) is 2.16. The van der Waals surface area contributed by atoms with Gasteiger partial charge in [-0.3, -0.25) is 9.59 Å². The molecule has 1 aromatic carbocycles. The van der Waals surface area contributed by atoms with Crippen LogP contribution in [-0.2, 0) is 16.0 Å². The second-order valence-electron chi connectivity index (χ2n) is 6.72. The lowest BCUT2D eigenvalue weighted by Gasteiger charge is -2.30. The van der Waals surface area contributed by atoms with E-state index in [0.29, 0.717) is 44.7 Å². The number of carbonyl (C=O) groups excluding carboxylic acids is 1. The van der Waals surface area contributed by atoms with Gasteiger partial charge in [-0.1, -0.05) is 26.0 Å². The molecule has 0 unspecified atom stereocenters. The molecule has 1 heterocycles. The summed E-state index contributed by atoms with van der Waals surface area (Å²) in [5.74, 6) is 0.280. The lowest BCUT2D eigenvalue weighted by molar-refractivity contribution is -0.145. The van der Waals surface area contributed by atoms with Crippen molar-refractivity contribution in [2.45, 2.75) is 45.4 Å². The van der Waals surface area contributed by atoms with E-state index < -0.39 is 5.97 Å². The Balaban J connectivity index is 1.94. The number of methoxy groups -OCH3 is 1. The highest BCUT2D eigenvalue weighted by Gasteiger charge is 2.26. The summed E-state index contributed by atoms with van der Waals surface area (Å²) in [4.78, 5) is 25.2. The maximum Gasteiger partial charge on any atom is 0.306 e. The highest BCUT2D eigenvalue weighted by atomic mass is 16.5. The molecule has 0 radical (unpaired) electrons. The normalized spacial score (nSPS) is 15.6. The van der Waals surface area contributed by atoms with Crippen LogP contribution in [0.4, 0.5) is 0 Å². The van der Waals surface area contributed by atoms with Gasteiger partial charge >= 0.3 is 5.97 Å². The van der Waals surface area contributed by atoms with Gasteiger partial charge in [-0.05, 0) is 42.4 Å². The minimum absolute atomic E-state index is 0.0934. The Morgan fingerprint density at radius 1 is 1.29 bits per heavy atom. The molecule has 1 saturated heterocycles. The molecular formula is C19H27NO4. The largest absolute Gasteiger partial charge is 0.496 e. The molecule has 0 bridgehead atoms. The van der Waals surface area contributed by atoms with Gasteiger partial charge in [-0.25, -0.2) is 0 Å². The average Bonchev–Trinajstić information content (AvgIpc) is 2.59. The first-order valence-electron chi connectivity index (χ1n) is 8.59. The van der Waals surface area contributed by atoms with Gasteiger partial charge in [0, 0.05) is 19.5 Å². The van der Waals surface area contributed by atoms with E-state index in [1.54, 1.807) is 12.0 Å². The van der Waals surface area contributed by atoms with Gasteiger partial charge in [0.25, 0.3) is 0 Å². The number of nitrogens with zero attached hydrogens (tertiary/aromatic N) is 1. The molecule has 1 N–H and O–H groups in total. The van der Waals surface area contributed by atoms with Crippen molar-refractivity contribution in [1.29, 1.82) is 0 Å². The molecule has 1 aromatic rings. The number of carbonyl (C=O) groups is 2. The molecule has 5 heteroatoms. The van der Waals surface area contributed by atoms with E-state index in [2.05, 4.69) is 26.0 Å². The van der Waals surface area contributed by atoms with Crippen LogP contribution in [0.25, 0.3) is 0 Å². The minimum atomic E-state index is -0.752. The average molecular weight is 333 g/mol. The number of benzene rings is 1. The van der Waals surface area contributed by atoms with Crippen LogP contribution in [-0.4, -0.2) is 42.1 Å². The van der Waals surface area contributed by atoms with Gasteiger partial charge in [0.1, 0.15) is 5.75 Å². The fraction of sp³-hybridized carbons (Fsp3) is 0.579. The highest BCUT2D eigenvalue weighted by molar-refractivity contribution is 5.77. The van der Waals surface area contributed by atoms with Crippen molar-refractivity contribution in [3.05, 3.63) is 29.3 Å². The Morgan fingerprint density at radius 2 is 1.96 bits per heavy atom. The smallest absolute Gasteiger partial charge is 0.306 e. The molecule has 1 aliphatic rings. The number of carboxylic acid groups (broad SMARTS) is 1. The number of carboxylic acids is 1. The van der Waals surface area contributed by atoms with Crippen LogP contribution in [0.5, 0.6) is 5.75 Å². The monoisotopic (exact) mass is 333 g/mol. The van der Waals surface area contributed by atoms with Crippen molar-refractivity contribution in [1.82, 2.24) is 4.90 Å². The Labute approximate surface area is 143 Å². The lowest BCUT2D eigenvalue weighted by atomic mass is 9.96. The zero-order valence-corrected chi connectivity index (χ0v) is 14.7. The van der Waals surface area contributed by atoms with E-state index >= 15 is 0 Å². The molecule has 24 heavy (non-hydrogen) atoms. The van der Waals surface area contributed by atoms with Gasteiger partial charge in [-0.2, -0.15) is 0 Å². The van der Waals surface area contributed by atoms with Gasteiger partial charge in [0.05, 0.1) is 13.0 Å². The Morgan fingerprint density at radius 3 is 2.50 bits per heavy atom. The Kier molecular flexibility index (Phi) is 6.23. The standard InChI is InChI=1S/C19H27NO4/c1-13(2)15-4-6-17(24-3)16(12-15)5-7-18(21)20-10-8-14(9-11-20)19(22)23/h4,6,12-14H,5,7-11H2,1-3H3,(H,22,23). The van der Waals surface area contributed by atoms with Gasteiger partial charge in [-0.15, -0.1) is 0 Å². The predicted octanol–water partition coefficient (Wildman–Crippen LogP) is 3.07. The summed E-state index contributed by atoms with van der Waals surface area (Å²) < 4.78 is 5.41. The Hall–Kier alpha value is -2.04. The molecule has 0 aliphatic carbocycles. The third-order valence-corrected chi connectivity index (χ3v) is 4.78. The summed E-state index contributed by atoms with van der Waals surface area (Å²) in [6, 6.07) is 6.15. The maximum absolute atomic E-state index is 12.4. The molecule has 1 amide bonds. The summed E-state index contributed by atoms with van der Waals surface area (Å²) in [6.45, 7) is 5.37. The lowest BCUT2D eigenvalue weighted by Crippen LogP contribution is -2.40. The fourth-order valence-corrected chi connectivity index (χ4v) is 3.13. The van der Waals surface area contributed by atoms with Crippen LogP contribution in [0.2, 0.25) is 0 Å². The number of hydrogen-bond donors (Lipinski definition) is 1. The third-order valence-electron chi connectivity index (χ3n) is 4.78. The number of rotatable bonds is 6. The molecule has 2 rings (SSSR count). The van der Waals surface area contributed by atoms with Crippen LogP contribution in [0.3, 0.4) is 0 Å². The van der Waals surface area contributed by atoms with Crippen molar-refractivity contribution in [3.8, 4) is 5.75 Å². The van der Waals surface area contributed by atoms with Crippen LogP contribution in [0.1, 0.15) is 50.2 Å². The van der Waals surface area contributed by atoms with Crippen molar-refractivity contribution in [3.63, 3.8) is 0 Å². The van der Waals surface area contributed by atoms with Gasteiger partial charge in [0.15, 0.2) is 0 Å². The summed E-state index contributed by atoms with van der Waals surface area (Å²) >= 11 is 0. The van der Waals surface area contributed by atoms with Crippen LogP contribution >= 0.6 is 0 Å². The first-order chi connectivity index (χ1) is 11.4. The van der Waals surface area contributed by atoms with Crippen molar-refractivity contribution >= 4 is 11.9 Å². The summed E-state index contributed by atoms with van der Waals surface area (Å²) in [7, 11) is 1.65. The first kappa shape index (κ1) is 18.3. The third kappa shape index (κ3) is 4.49. The topological polar surface area (TPSA) is 66.8 Å². The SMILES string of the molecule is COc1ccc(C(C)C)cc1CCC(=O)N1CCC(C(=O)O)CC1. The molecule has 0 atom stereocenters. The van der Waals surface area contributed by atoms with Crippen molar-refractivity contribution in [2.75, 3.05) is 20.2 Å². The van der Waals surface area contributed by atoms with Crippen molar-refractivity contribution in [2.24, 2.45) is 5.92 Å². The van der Waals surface area contributed by atoms with Gasteiger partial charge in [0.2, 0.25) is 5.91 Å². The molecule has 1 aliphatic heterocycles. The number of ether oxygens (including phenoxy) is 1. The maximum atomic E-state index is 12.4. The van der Waals surface area contributed by atoms with E-state index in [-0.39, 0.29) is 11.8 Å². The molecule has 132 valence electrons. The zero-order chi connectivity index (χ0) is 17.7. The fourth-order valence-electron chi connectivity index (χ4n) is 3.13. The van der Waals surface area contributed by atoms with E-state index in [9.17, 15) is 9.59 Å². The van der Waals surface area contributed by atoms with Crippen LogP contribution in [0.15, 0.2) is 18.2 Å². The number of hydrogen-bond acceptors (Lipinski definition) is 3. The number of amides is 1. The highest BCUT2D eigenvalue weighted by Crippen LogP contribution is 2.26. The number of likely N-dealkylation sites (tertiary alicyclic amines) is 1. The second kappa shape index (κ2) is 8.18. The molecule has 1 fully saturated rings. The predicted molar refractivity (Wildman–Crippen MR) is 92.3 cm³/mol. The number of aryl methyl sites for hydroxylation is 1. The van der Waals surface area contributed by atoms with Crippen molar-refractivity contribution < 1.29 is 19.4 Å². The molecule has 5 nitrogen and oxygen atoms in total. The Bertz CT molecular complexity index is 589. The number of piperidine rings is 1. The van der Waals surface area contributed by atoms with Gasteiger partial charge < -0.3 is 14.7 Å². The minimum Gasteiger partial charge on any atom is -0.496 e. The van der Waals surface area contributed by atoms with Crippen LogP contribution < -0.4 is 4.74 Å². The number of aliphatic carboxylic acids is 1. The van der Waals surface area contributed by atoms with E-state index in [4.69, 9.17) is 9.84 Å². The molecule has 0 saturated carbocycles. The van der Waals surface area contributed by atoms with E-state index in [1.165, 1.54) is 5.56 Å². The summed E-state index contributed by atoms with van der Waals surface area (Å²) in [5.41, 5.74) is 2.29. The second-order valence-corrected chi connectivity index (χ2v) is 6.72. The molecule has 0 aromatic heterocycles.